The van der Waals surface area contributed by atoms with Crippen LogP contribution in [0.3, 0.4) is 0 Å². The summed E-state index contributed by atoms with van der Waals surface area (Å²) in [5.74, 6) is 0.565. The Kier molecular flexibility index (Phi) is 1.76. The summed E-state index contributed by atoms with van der Waals surface area (Å²) in [5, 5.41) is 0. The van der Waals surface area contributed by atoms with Crippen LogP contribution < -0.4 is 10.6 Å². The lowest BCUT2D eigenvalue weighted by molar-refractivity contribution is -0.120. The molecule has 1 spiro atoms. The van der Waals surface area contributed by atoms with E-state index in [0.29, 0.717) is 12.5 Å². The van der Waals surface area contributed by atoms with Gasteiger partial charge in [-0.25, -0.2) is 0 Å². The molecule has 0 saturated heterocycles. The molecule has 2 unspecified atom stereocenters. The van der Waals surface area contributed by atoms with Gasteiger partial charge < -0.3 is 10.6 Å². The Morgan fingerprint density at radius 3 is 2.94 bits per heavy atom. The van der Waals surface area contributed by atoms with Gasteiger partial charge in [0.15, 0.2) is 0 Å². The number of amides is 1. The van der Waals surface area contributed by atoms with Crippen LogP contribution in [0.4, 0.5) is 5.69 Å². The van der Waals surface area contributed by atoms with Crippen molar-refractivity contribution in [2.45, 2.75) is 18.8 Å². The number of carbonyl (C=O) groups is 1. The highest BCUT2D eigenvalue weighted by molar-refractivity contribution is 6.10. The Bertz CT molecular complexity index is 483. The number of nitrogens with zero attached hydrogens (tertiary/aromatic N) is 1. The van der Waals surface area contributed by atoms with Crippen molar-refractivity contribution in [1.29, 1.82) is 0 Å². The Hall–Kier alpha value is -1.35. The van der Waals surface area contributed by atoms with E-state index >= 15 is 0 Å². The Morgan fingerprint density at radius 2 is 2.31 bits per heavy atom. The fourth-order valence-corrected chi connectivity index (χ4v) is 3.03. The number of likely N-dealkylation sites (N-methyl/N-ethyl adjacent to an activating group) is 1. The number of benzene rings is 1. The normalized spacial score (nSPS) is 31.1. The van der Waals surface area contributed by atoms with Gasteiger partial charge in [0.1, 0.15) is 0 Å². The summed E-state index contributed by atoms with van der Waals surface area (Å²) in [6, 6.07) is 6.27. The molecule has 0 radical (unpaired) electrons. The summed E-state index contributed by atoms with van der Waals surface area (Å²) in [6.07, 6.45) is 0.919. The van der Waals surface area contributed by atoms with Crippen LogP contribution >= 0.6 is 0 Å². The number of hydrogen-bond donors (Lipinski definition) is 1. The number of carbonyl (C=O) groups excluding carboxylic acids is 1. The second-order valence-corrected chi connectivity index (χ2v) is 4.99. The molecular formula is C13H16N2O. The smallest absolute Gasteiger partial charge is 0.237 e. The summed E-state index contributed by atoms with van der Waals surface area (Å²) in [5.41, 5.74) is 8.89. The first-order valence-corrected chi connectivity index (χ1v) is 5.70. The number of anilines is 1. The minimum absolute atomic E-state index is 0.226. The fraction of sp³-hybridized carbons (Fsp3) is 0.462. The van der Waals surface area contributed by atoms with Crippen molar-refractivity contribution in [3.63, 3.8) is 0 Å². The van der Waals surface area contributed by atoms with E-state index in [2.05, 4.69) is 25.1 Å². The van der Waals surface area contributed by atoms with E-state index < -0.39 is 0 Å². The van der Waals surface area contributed by atoms with Crippen LogP contribution in [-0.4, -0.2) is 19.5 Å². The summed E-state index contributed by atoms with van der Waals surface area (Å²) in [6.45, 7) is 2.66. The van der Waals surface area contributed by atoms with Gasteiger partial charge in [-0.15, -0.1) is 0 Å². The molecular weight excluding hydrogens is 200 g/mol. The van der Waals surface area contributed by atoms with Crippen molar-refractivity contribution in [3.05, 3.63) is 29.3 Å². The monoisotopic (exact) mass is 216 g/mol. The maximum absolute atomic E-state index is 12.3. The molecule has 2 N–H and O–H groups in total. The van der Waals surface area contributed by atoms with Crippen LogP contribution in [-0.2, 0) is 10.2 Å². The molecule has 3 rings (SSSR count). The van der Waals surface area contributed by atoms with E-state index in [-0.39, 0.29) is 11.3 Å². The zero-order valence-corrected chi connectivity index (χ0v) is 9.66. The van der Waals surface area contributed by atoms with Gasteiger partial charge in [0.2, 0.25) is 5.91 Å². The number of rotatable bonds is 1. The van der Waals surface area contributed by atoms with Gasteiger partial charge in [0.25, 0.3) is 0 Å². The average molecular weight is 216 g/mol. The first-order chi connectivity index (χ1) is 7.61. The number of hydrogen-bond acceptors (Lipinski definition) is 2. The van der Waals surface area contributed by atoms with Crippen molar-refractivity contribution in [2.24, 2.45) is 11.7 Å². The highest BCUT2D eigenvalue weighted by Crippen LogP contribution is 2.60. The van der Waals surface area contributed by atoms with Gasteiger partial charge in [-0.1, -0.05) is 12.1 Å². The van der Waals surface area contributed by atoms with E-state index in [9.17, 15) is 4.79 Å². The van der Waals surface area contributed by atoms with Gasteiger partial charge in [-0.05, 0) is 43.0 Å². The molecule has 1 aliphatic heterocycles. The van der Waals surface area contributed by atoms with E-state index in [4.69, 9.17) is 5.73 Å². The topological polar surface area (TPSA) is 46.3 Å². The Labute approximate surface area is 95.2 Å². The number of aryl methyl sites for hydroxylation is 1. The Morgan fingerprint density at radius 1 is 1.56 bits per heavy atom. The third-order valence-electron chi connectivity index (χ3n) is 4.07. The molecule has 2 atom stereocenters. The lowest BCUT2D eigenvalue weighted by Crippen LogP contribution is -2.30. The molecule has 3 heteroatoms. The van der Waals surface area contributed by atoms with Crippen molar-refractivity contribution in [1.82, 2.24) is 0 Å². The molecule has 16 heavy (non-hydrogen) atoms. The first-order valence-electron chi connectivity index (χ1n) is 5.70. The second kappa shape index (κ2) is 2.86. The molecule has 3 nitrogen and oxygen atoms in total. The maximum atomic E-state index is 12.3. The molecule has 1 fully saturated rings. The molecule has 1 heterocycles. The molecule has 2 aliphatic rings. The molecule has 1 saturated carbocycles. The fourth-order valence-electron chi connectivity index (χ4n) is 3.03. The molecule has 0 bridgehead atoms. The third-order valence-corrected chi connectivity index (χ3v) is 4.07. The molecule has 1 amide bonds. The lowest BCUT2D eigenvalue weighted by Gasteiger charge is -2.10. The van der Waals surface area contributed by atoms with Gasteiger partial charge in [-0.3, -0.25) is 4.79 Å². The summed E-state index contributed by atoms with van der Waals surface area (Å²) >= 11 is 0. The van der Waals surface area contributed by atoms with Crippen LogP contribution in [0.5, 0.6) is 0 Å². The predicted octanol–water partition coefficient (Wildman–Crippen LogP) is 1.19. The molecule has 84 valence electrons. The minimum Gasteiger partial charge on any atom is -0.330 e. The highest BCUT2D eigenvalue weighted by Gasteiger charge is 2.65. The lowest BCUT2D eigenvalue weighted by atomic mass is 9.94. The Balaban J connectivity index is 2.17. The van der Waals surface area contributed by atoms with Crippen LogP contribution in [0.25, 0.3) is 0 Å². The minimum atomic E-state index is -0.271. The van der Waals surface area contributed by atoms with Crippen LogP contribution in [0, 0.1) is 12.8 Å². The number of nitrogens with two attached hydrogens (primary N) is 1. The zero-order chi connectivity index (χ0) is 11.5. The highest BCUT2D eigenvalue weighted by atomic mass is 16.2. The predicted molar refractivity (Wildman–Crippen MR) is 63.4 cm³/mol. The van der Waals surface area contributed by atoms with Crippen LogP contribution in [0.2, 0.25) is 0 Å². The SMILES string of the molecule is Cc1ccc2c(c1)N(C)C(=O)C21CC1CN. The largest absolute Gasteiger partial charge is 0.330 e. The third kappa shape index (κ3) is 0.944. The first kappa shape index (κ1) is 9.85. The summed E-state index contributed by atoms with van der Waals surface area (Å²) in [7, 11) is 1.86. The number of fused-ring (bicyclic) bond motifs is 2. The quantitative estimate of drug-likeness (QED) is 0.766. The molecule has 0 aromatic heterocycles. The van der Waals surface area contributed by atoms with E-state index in [1.54, 1.807) is 4.90 Å². The zero-order valence-electron chi connectivity index (χ0n) is 9.66. The molecule has 1 aromatic rings. The van der Waals surface area contributed by atoms with Crippen molar-refractivity contribution in [3.8, 4) is 0 Å². The van der Waals surface area contributed by atoms with Crippen molar-refractivity contribution in [2.75, 3.05) is 18.5 Å². The van der Waals surface area contributed by atoms with Crippen LogP contribution in [0.15, 0.2) is 18.2 Å². The summed E-state index contributed by atoms with van der Waals surface area (Å²) < 4.78 is 0. The van der Waals surface area contributed by atoms with E-state index in [1.165, 1.54) is 11.1 Å². The van der Waals surface area contributed by atoms with Crippen molar-refractivity contribution >= 4 is 11.6 Å². The molecule has 1 aliphatic carbocycles. The van der Waals surface area contributed by atoms with Crippen molar-refractivity contribution < 1.29 is 4.79 Å². The van der Waals surface area contributed by atoms with Gasteiger partial charge >= 0.3 is 0 Å². The molecule has 1 aromatic carbocycles. The van der Waals surface area contributed by atoms with Crippen LogP contribution in [0.1, 0.15) is 17.5 Å². The second-order valence-electron chi connectivity index (χ2n) is 4.99. The average Bonchev–Trinajstić information content (AvgIpc) is 2.98. The standard InChI is InChI=1S/C13H16N2O/c1-8-3-4-10-11(5-8)15(2)12(16)13(10)6-9(13)7-14/h3-5,9H,6-7,14H2,1-2H3. The van der Waals surface area contributed by atoms with E-state index in [1.807, 2.05) is 7.05 Å². The maximum Gasteiger partial charge on any atom is 0.237 e. The van der Waals surface area contributed by atoms with Gasteiger partial charge in [0, 0.05) is 12.7 Å². The summed E-state index contributed by atoms with van der Waals surface area (Å²) in [4.78, 5) is 14.1. The van der Waals surface area contributed by atoms with E-state index in [0.717, 1.165) is 12.1 Å². The van der Waals surface area contributed by atoms with Gasteiger partial charge in [-0.2, -0.15) is 0 Å². The van der Waals surface area contributed by atoms with Gasteiger partial charge in [0.05, 0.1) is 5.41 Å².